The van der Waals surface area contributed by atoms with E-state index in [2.05, 4.69) is 12.6 Å². The van der Waals surface area contributed by atoms with Crippen molar-refractivity contribution in [2.75, 3.05) is 27.7 Å². The van der Waals surface area contributed by atoms with Crippen LogP contribution in [0.4, 0.5) is 0 Å². The lowest BCUT2D eigenvalue weighted by molar-refractivity contribution is -0.129. The third kappa shape index (κ3) is 3.50. The monoisotopic (exact) mass is 266 g/mol. The van der Waals surface area contributed by atoms with Gasteiger partial charge in [-0.3, -0.25) is 9.59 Å². The molecule has 4 nitrogen and oxygen atoms in total. The molecule has 0 aliphatic rings. The number of carbonyl (C=O) groups is 2. The maximum absolute atomic E-state index is 12.2. The minimum absolute atomic E-state index is 0.0715. The van der Waals surface area contributed by atoms with Crippen LogP contribution < -0.4 is 0 Å². The van der Waals surface area contributed by atoms with E-state index in [0.717, 1.165) is 10.5 Å². The van der Waals surface area contributed by atoms with E-state index < -0.39 is 0 Å². The average Bonchev–Trinajstić information content (AvgIpc) is 2.31. The summed E-state index contributed by atoms with van der Waals surface area (Å²) in [5.74, 6) is -0.274. The zero-order valence-electron chi connectivity index (χ0n) is 11.1. The SMILES string of the molecule is Cc1ccc(S)cc1C(=O)N(C)CC(=O)N(C)C. The normalized spacial score (nSPS) is 10.1. The van der Waals surface area contributed by atoms with Crippen molar-refractivity contribution in [1.29, 1.82) is 0 Å². The van der Waals surface area contributed by atoms with Gasteiger partial charge in [0, 0.05) is 31.6 Å². The summed E-state index contributed by atoms with van der Waals surface area (Å²) in [4.78, 5) is 27.4. The van der Waals surface area contributed by atoms with Crippen molar-refractivity contribution in [3.8, 4) is 0 Å². The summed E-state index contributed by atoms with van der Waals surface area (Å²) in [6, 6.07) is 5.40. The van der Waals surface area contributed by atoms with Crippen molar-refractivity contribution >= 4 is 24.4 Å². The van der Waals surface area contributed by atoms with Gasteiger partial charge in [-0.2, -0.15) is 0 Å². The summed E-state index contributed by atoms with van der Waals surface area (Å²) in [5.41, 5.74) is 1.46. The van der Waals surface area contributed by atoms with Gasteiger partial charge in [0.15, 0.2) is 0 Å². The average molecular weight is 266 g/mol. The van der Waals surface area contributed by atoms with Gasteiger partial charge in [-0.05, 0) is 24.6 Å². The Labute approximate surface area is 113 Å². The molecule has 1 aromatic carbocycles. The van der Waals surface area contributed by atoms with Crippen LogP contribution in [-0.4, -0.2) is 49.3 Å². The largest absolute Gasteiger partial charge is 0.347 e. The molecule has 1 aromatic rings. The highest BCUT2D eigenvalue weighted by molar-refractivity contribution is 7.80. The van der Waals surface area contributed by atoms with Gasteiger partial charge >= 0.3 is 0 Å². The van der Waals surface area contributed by atoms with Crippen molar-refractivity contribution in [2.45, 2.75) is 11.8 Å². The Hall–Kier alpha value is -1.49. The number of aryl methyl sites for hydroxylation is 1. The van der Waals surface area contributed by atoms with Crippen LogP contribution in [0.25, 0.3) is 0 Å². The molecular formula is C13H18N2O2S. The van der Waals surface area contributed by atoms with Crippen LogP contribution in [0.5, 0.6) is 0 Å². The van der Waals surface area contributed by atoms with E-state index in [1.165, 1.54) is 9.80 Å². The predicted octanol–water partition coefficient (Wildman–Crippen LogP) is 1.44. The van der Waals surface area contributed by atoms with E-state index in [9.17, 15) is 9.59 Å². The number of likely N-dealkylation sites (N-methyl/N-ethyl adjacent to an activating group) is 2. The van der Waals surface area contributed by atoms with Gasteiger partial charge in [-0.15, -0.1) is 12.6 Å². The van der Waals surface area contributed by atoms with Crippen LogP contribution in [0, 0.1) is 6.92 Å². The first-order valence-corrected chi connectivity index (χ1v) is 6.03. The second-order valence-corrected chi connectivity index (χ2v) is 4.97. The van der Waals surface area contributed by atoms with Crippen molar-refractivity contribution in [3.63, 3.8) is 0 Å². The summed E-state index contributed by atoms with van der Waals surface area (Å²) in [5, 5.41) is 0. The van der Waals surface area contributed by atoms with Crippen molar-refractivity contribution < 1.29 is 9.59 Å². The molecule has 0 heterocycles. The molecule has 0 aliphatic heterocycles. The molecule has 1 rings (SSSR count). The number of thiol groups is 1. The smallest absolute Gasteiger partial charge is 0.254 e. The van der Waals surface area contributed by atoms with Gasteiger partial charge in [0.25, 0.3) is 5.91 Å². The second-order valence-electron chi connectivity index (χ2n) is 4.45. The van der Waals surface area contributed by atoms with E-state index in [0.29, 0.717) is 5.56 Å². The number of hydrogen-bond donors (Lipinski definition) is 1. The number of amides is 2. The quantitative estimate of drug-likeness (QED) is 0.841. The van der Waals surface area contributed by atoms with Crippen LogP contribution in [-0.2, 0) is 4.79 Å². The standard InChI is InChI=1S/C13H18N2O2S/c1-9-5-6-10(18)7-11(9)13(17)15(4)8-12(16)14(2)3/h5-7,18H,8H2,1-4H3. The van der Waals surface area contributed by atoms with Gasteiger partial charge in [0.05, 0.1) is 6.54 Å². The highest BCUT2D eigenvalue weighted by atomic mass is 32.1. The van der Waals surface area contributed by atoms with Crippen molar-refractivity contribution in [2.24, 2.45) is 0 Å². The number of rotatable bonds is 3. The zero-order chi connectivity index (χ0) is 13.9. The first-order chi connectivity index (χ1) is 8.32. The third-order valence-corrected chi connectivity index (χ3v) is 2.95. The first kappa shape index (κ1) is 14.6. The lowest BCUT2D eigenvalue weighted by atomic mass is 10.1. The summed E-state index contributed by atoms with van der Waals surface area (Å²) in [6.07, 6.45) is 0. The number of nitrogens with zero attached hydrogens (tertiary/aromatic N) is 2. The summed E-state index contributed by atoms with van der Waals surface area (Å²) < 4.78 is 0. The van der Waals surface area contributed by atoms with Gasteiger partial charge in [0.2, 0.25) is 5.91 Å². The molecule has 0 saturated heterocycles. The van der Waals surface area contributed by atoms with E-state index in [1.807, 2.05) is 19.1 Å². The van der Waals surface area contributed by atoms with E-state index in [4.69, 9.17) is 0 Å². The van der Waals surface area contributed by atoms with Crippen LogP contribution in [0.3, 0.4) is 0 Å². The third-order valence-electron chi connectivity index (χ3n) is 2.67. The van der Waals surface area contributed by atoms with Crippen LogP contribution in [0.15, 0.2) is 23.1 Å². The minimum Gasteiger partial charge on any atom is -0.347 e. The van der Waals surface area contributed by atoms with E-state index in [1.54, 1.807) is 27.2 Å². The molecule has 0 saturated carbocycles. The van der Waals surface area contributed by atoms with Crippen molar-refractivity contribution in [3.05, 3.63) is 29.3 Å². The Morgan fingerprint density at radius 3 is 2.39 bits per heavy atom. The first-order valence-electron chi connectivity index (χ1n) is 5.58. The Balaban J connectivity index is 2.87. The number of hydrogen-bond acceptors (Lipinski definition) is 3. The summed E-state index contributed by atoms with van der Waals surface area (Å²) >= 11 is 4.22. The molecule has 0 spiro atoms. The molecule has 0 unspecified atom stereocenters. The predicted molar refractivity (Wildman–Crippen MR) is 74.1 cm³/mol. The molecule has 2 amide bonds. The second kappa shape index (κ2) is 5.91. The maximum Gasteiger partial charge on any atom is 0.254 e. The summed E-state index contributed by atoms with van der Waals surface area (Å²) in [7, 11) is 4.95. The molecule has 0 bridgehead atoms. The fraction of sp³-hybridized carbons (Fsp3) is 0.385. The van der Waals surface area contributed by atoms with Crippen LogP contribution >= 0.6 is 12.6 Å². The van der Waals surface area contributed by atoms with Gasteiger partial charge in [-0.25, -0.2) is 0 Å². The lowest BCUT2D eigenvalue weighted by Crippen LogP contribution is -2.38. The molecule has 0 fully saturated rings. The molecule has 0 atom stereocenters. The van der Waals surface area contributed by atoms with Crippen LogP contribution in [0.2, 0.25) is 0 Å². The molecule has 0 radical (unpaired) electrons. The van der Waals surface area contributed by atoms with Crippen LogP contribution in [0.1, 0.15) is 15.9 Å². The number of benzene rings is 1. The molecule has 98 valence electrons. The molecule has 5 heteroatoms. The zero-order valence-corrected chi connectivity index (χ0v) is 12.0. The molecular weight excluding hydrogens is 248 g/mol. The fourth-order valence-corrected chi connectivity index (χ4v) is 1.67. The minimum atomic E-state index is -0.168. The number of carbonyl (C=O) groups excluding carboxylic acids is 2. The highest BCUT2D eigenvalue weighted by Gasteiger charge is 2.17. The van der Waals surface area contributed by atoms with Gasteiger partial charge in [0.1, 0.15) is 0 Å². The highest BCUT2D eigenvalue weighted by Crippen LogP contribution is 2.15. The molecule has 18 heavy (non-hydrogen) atoms. The Morgan fingerprint density at radius 2 is 1.83 bits per heavy atom. The van der Waals surface area contributed by atoms with Crippen molar-refractivity contribution in [1.82, 2.24) is 9.80 Å². The lowest BCUT2D eigenvalue weighted by Gasteiger charge is -2.20. The molecule has 0 aromatic heterocycles. The Morgan fingerprint density at radius 1 is 1.22 bits per heavy atom. The Bertz CT molecular complexity index is 472. The van der Waals surface area contributed by atoms with Gasteiger partial charge < -0.3 is 9.80 Å². The topological polar surface area (TPSA) is 40.6 Å². The fourth-order valence-electron chi connectivity index (χ4n) is 1.46. The van der Waals surface area contributed by atoms with Gasteiger partial charge in [-0.1, -0.05) is 6.07 Å². The van der Waals surface area contributed by atoms with E-state index in [-0.39, 0.29) is 18.4 Å². The van der Waals surface area contributed by atoms with E-state index >= 15 is 0 Å². The molecule has 0 aliphatic carbocycles. The summed E-state index contributed by atoms with van der Waals surface area (Å²) in [6.45, 7) is 1.93. The molecule has 0 N–H and O–H groups in total. The Kier molecular flexibility index (Phi) is 4.78. The maximum atomic E-state index is 12.2.